The molecule has 1 amide bonds. The molecule has 0 spiro atoms. The number of thiophene rings is 1. The molecule has 6 nitrogen and oxygen atoms in total. The van der Waals surface area contributed by atoms with Crippen LogP contribution in [-0.2, 0) is 20.9 Å². The van der Waals surface area contributed by atoms with Crippen LogP contribution in [0, 0.1) is 0 Å². The highest BCUT2D eigenvalue weighted by molar-refractivity contribution is 7.09. The molecule has 1 aromatic heterocycles. The summed E-state index contributed by atoms with van der Waals surface area (Å²) >= 11 is 1.53. The Morgan fingerprint density at radius 1 is 1.13 bits per heavy atom. The Hall–Kier alpha value is -2.67. The van der Waals surface area contributed by atoms with E-state index in [1.807, 2.05) is 17.5 Å². The van der Waals surface area contributed by atoms with Gasteiger partial charge in [0.15, 0.2) is 19.5 Å². The summed E-state index contributed by atoms with van der Waals surface area (Å²) in [4.78, 5) is 34.9. The number of hydrogen-bond donors (Lipinski definition) is 1. The second-order valence-electron chi connectivity index (χ2n) is 4.46. The van der Waals surface area contributed by atoms with Gasteiger partial charge in [-0.1, -0.05) is 18.2 Å². The fourth-order valence-corrected chi connectivity index (χ4v) is 2.33. The first-order valence-electron chi connectivity index (χ1n) is 6.80. The van der Waals surface area contributed by atoms with Gasteiger partial charge in [-0.15, -0.1) is 11.3 Å². The van der Waals surface area contributed by atoms with Crippen molar-refractivity contribution in [3.05, 3.63) is 52.2 Å². The molecule has 1 heterocycles. The zero-order valence-corrected chi connectivity index (χ0v) is 13.0. The molecule has 1 N–H and O–H groups in total. The lowest BCUT2D eigenvalue weighted by Crippen LogP contribution is -2.29. The third kappa shape index (κ3) is 5.55. The number of carbonyl (C=O) groups is 3. The normalized spacial score (nSPS) is 9.91. The average molecular weight is 333 g/mol. The second-order valence-corrected chi connectivity index (χ2v) is 5.49. The molecule has 7 heteroatoms. The Kier molecular flexibility index (Phi) is 6.31. The van der Waals surface area contributed by atoms with Crippen molar-refractivity contribution in [2.75, 3.05) is 13.2 Å². The summed E-state index contributed by atoms with van der Waals surface area (Å²) in [6.07, 6.45) is 0.638. The molecule has 0 fully saturated rings. The van der Waals surface area contributed by atoms with Crippen LogP contribution in [0.4, 0.5) is 0 Å². The summed E-state index contributed by atoms with van der Waals surface area (Å²) in [5.41, 5.74) is 0.342. The smallest absolute Gasteiger partial charge is 0.344 e. The van der Waals surface area contributed by atoms with Crippen molar-refractivity contribution >= 4 is 29.5 Å². The van der Waals surface area contributed by atoms with Gasteiger partial charge in [0.1, 0.15) is 5.75 Å². The number of benzene rings is 1. The first-order valence-corrected chi connectivity index (χ1v) is 7.68. The van der Waals surface area contributed by atoms with Crippen molar-refractivity contribution in [3.63, 3.8) is 0 Å². The van der Waals surface area contributed by atoms with E-state index < -0.39 is 5.97 Å². The van der Waals surface area contributed by atoms with E-state index in [0.29, 0.717) is 24.1 Å². The van der Waals surface area contributed by atoms with E-state index in [2.05, 4.69) is 5.32 Å². The van der Waals surface area contributed by atoms with Gasteiger partial charge in [-0.2, -0.15) is 0 Å². The predicted octanol–water partition coefficient (Wildman–Crippen LogP) is 1.80. The zero-order chi connectivity index (χ0) is 16.5. The van der Waals surface area contributed by atoms with E-state index in [9.17, 15) is 14.4 Å². The molecule has 0 aliphatic carbocycles. The zero-order valence-electron chi connectivity index (χ0n) is 12.2. The monoisotopic (exact) mass is 333 g/mol. The molecule has 0 unspecified atom stereocenters. The van der Waals surface area contributed by atoms with Crippen molar-refractivity contribution < 1.29 is 23.9 Å². The highest BCUT2D eigenvalue weighted by atomic mass is 32.1. The summed E-state index contributed by atoms with van der Waals surface area (Å²) in [6.45, 7) is -0.344. The van der Waals surface area contributed by atoms with Crippen LogP contribution in [0.2, 0.25) is 0 Å². The molecule has 23 heavy (non-hydrogen) atoms. The first kappa shape index (κ1) is 16.7. The van der Waals surface area contributed by atoms with Gasteiger partial charge < -0.3 is 14.8 Å². The van der Waals surface area contributed by atoms with Gasteiger partial charge in [-0.05, 0) is 23.6 Å². The number of ether oxygens (including phenoxy) is 2. The minimum Gasteiger partial charge on any atom is -0.481 e. The molecule has 2 rings (SSSR count). The minimum atomic E-state index is -0.683. The van der Waals surface area contributed by atoms with Crippen LogP contribution in [-0.4, -0.2) is 31.4 Å². The summed E-state index contributed by atoms with van der Waals surface area (Å²) in [6, 6.07) is 10.3. The Morgan fingerprint density at radius 3 is 2.70 bits per heavy atom. The summed E-state index contributed by atoms with van der Waals surface area (Å²) in [5.74, 6) is -0.779. The van der Waals surface area contributed by atoms with Crippen molar-refractivity contribution in [1.29, 1.82) is 0 Å². The second kappa shape index (κ2) is 8.70. The Bertz CT molecular complexity index is 669. The number of rotatable bonds is 8. The fraction of sp³-hybridized carbons (Fsp3) is 0.188. The van der Waals surface area contributed by atoms with Gasteiger partial charge in [-0.25, -0.2) is 4.79 Å². The van der Waals surface area contributed by atoms with Crippen molar-refractivity contribution in [3.8, 4) is 5.75 Å². The van der Waals surface area contributed by atoms with Gasteiger partial charge in [0.25, 0.3) is 5.91 Å². The Labute approximate surface area is 137 Å². The number of carbonyl (C=O) groups excluding carboxylic acids is 3. The highest BCUT2D eigenvalue weighted by Crippen LogP contribution is 2.15. The van der Waals surface area contributed by atoms with Crippen LogP contribution in [0.15, 0.2) is 41.8 Å². The Balaban J connectivity index is 1.68. The molecule has 0 bridgehead atoms. The molecule has 120 valence electrons. The van der Waals surface area contributed by atoms with E-state index >= 15 is 0 Å². The third-order valence-corrected chi connectivity index (χ3v) is 3.67. The standard InChI is InChI=1S/C16H15NO5S/c18-9-12-4-1-2-6-14(12)21-11-16(20)22-10-15(19)17-8-13-5-3-7-23-13/h1-7,9H,8,10-11H2,(H,17,19). The first-order chi connectivity index (χ1) is 11.2. The molecule has 0 saturated heterocycles. The molecule has 0 aliphatic rings. The van der Waals surface area contributed by atoms with Crippen LogP contribution >= 0.6 is 11.3 Å². The molecular formula is C16H15NO5S. The lowest BCUT2D eigenvalue weighted by Gasteiger charge is -2.08. The molecule has 1 aromatic carbocycles. The predicted molar refractivity (Wildman–Crippen MR) is 84.4 cm³/mol. The molecular weight excluding hydrogens is 318 g/mol. The SMILES string of the molecule is O=Cc1ccccc1OCC(=O)OCC(=O)NCc1cccs1. The van der Waals surface area contributed by atoms with Crippen molar-refractivity contribution in [1.82, 2.24) is 5.32 Å². The number of esters is 1. The number of amides is 1. The summed E-state index contributed by atoms with van der Waals surface area (Å²) < 4.78 is 10.0. The quantitative estimate of drug-likeness (QED) is 0.588. The molecule has 0 aliphatic heterocycles. The fourth-order valence-electron chi connectivity index (χ4n) is 1.68. The van der Waals surface area contributed by atoms with Gasteiger partial charge in [-0.3, -0.25) is 9.59 Å². The van der Waals surface area contributed by atoms with Crippen LogP contribution in [0.25, 0.3) is 0 Å². The summed E-state index contributed by atoms with van der Waals surface area (Å²) in [5, 5.41) is 4.55. The number of para-hydroxylation sites is 1. The van der Waals surface area contributed by atoms with E-state index in [4.69, 9.17) is 9.47 Å². The van der Waals surface area contributed by atoms with Crippen molar-refractivity contribution in [2.24, 2.45) is 0 Å². The van der Waals surface area contributed by atoms with E-state index in [1.165, 1.54) is 11.3 Å². The average Bonchev–Trinajstić information content (AvgIpc) is 3.10. The molecule has 0 radical (unpaired) electrons. The van der Waals surface area contributed by atoms with Crippen LogP contribution in [0.3, 0.4) is 0 Å². The molecule has 0 atom stereocenters. The highest BCUT2D eigenvalue weighted by Gasteiger charge is 2.10. The lowest BCUT2D eigenvalue weighted by molar-refractivity contribution is -0.150. The number of hydrogen-bond acceptors (Lipinski definition) is 6. The largest absolute Gasteiger partial charge is 0.481 e. The summed E-state index contributed by atoms with van der Waals surface area (Å²) in [7, 11) is 0. The maximum absolute atomic E-state index is 11.5. The number of nitrogens with one attached hydrogen (secondary N) is 1. The van der Waals surface area contributed by atoms with E-state index in [0.717, 1.165) is 4.88 Å². The van der Waals surface area contributed by atoms with Gasteiger partial charge in [0.05, 0.1) is 12.1 Å². The maximum Gasteiger partial charge on any atom is 0.344 e. The minimum absolute atomic E-state index is 0.293. The van der Waals surface area contributed by atoms with E-state index in [-0.39, 0.29) is 19.1 Å². The van der Waals surface area contributed by atoms with E-state index in [1.54, 1.807) is 24.3 Å². The molecule has 2 aromatic rings. The molecule has 0 saturated carbocycles. The maximum atomic E-state index is 11.5. The topological polar surface area (TPSA) is 81.7 Å². The van der Waals surface area contributed by atoms with Crippen LogP contribution in [0.1, 0.15) is 15.2 Å². The van der Waals surface area contributed by atoms with Gasteiger partial charge in [0.2, 0.25) is 0 Å². The van der Waals surface area contributed by atoms with Crippen LogP contribution < -0.4 is 10.1 Å². The number of aldehydes is 1. The van der Waals surface area contributed by atoms with Crippen LogP contribution in [0.5, 0.6) is 5.75 Å². The Morgan fingerprint density at radius 2 is 1.96 bits per heavy atom. The van der Waals surface area contributed by atoms with Crippen molar-refractivity contribution in [2.45, 2.75) is 6.54 Å². The third-order valence-electron chi connectivity index (χ3n) is 2.80. The van der Waals surface area contributed by atoms with Gasteiger partial charge >= 0.3 is 5.97 Å². The lowest BCUT2D eigenvalue weighted by atomic mass is 10.2. The van der Waals surface area contributed by atoms with Gasteiger partial charge in [0, 0.05) is 4.88 Å².